The van der Waals surface area contributed by atoms with Crippen LogP contribution in [0.25, 0.3) is 0 Å². The molecule has 0 aliphatic heterocycles. The Bertz CT molecular complexity index is 674. The molecule has 2 rings (SSSR count). The van der Waals surface area contributed by atoms with Crippen LogP contribution >= 0.6 is 11.6 Å². The van der Waals surface area contributed by atoms with Gasteiger partial charge in [0.25, 0.3) is 0 Å². The standard InChI is InChI=1S/C16H17ClN2O3.2C2H6/c1-10-8-13(17)19-15(14(10)16(20)22-3)18-9-11-4-6-12(21-2)7-5-11;2*1-2/h4-8H,9H2,1-3H3,(H,18,19);2*1-2H3. The number of anilines is 1. The highest BCUT2D eigenvalue weighted by Crippen LogP contribution is 2.23. The van der Waals surface area contributed by atoms with Gasteiger partial charge in [-0.05, 0) is 36.2 Å². The molecule has 1 aromatic carbocycles. The zero-order valence-electron chi connectivity index (χ0n) is 16.6. The predicted octanol–water partition coefficient (Wildman–Crippen LogP) is 5.50. The van der Waals surface area contributed by atoms with Crippen LogP contribution in [0, 0.1) is 6.92 Å². The lowest BCUT2D eigenvalue weighted by atomic mass is 10.1. The second-order valence-corrected chi connectivity index (χ2v) is 5.07. The first-order valence-corrected chi connectivity index (χ1v) is 9.05. The molecular weight excluding hydrogens is 352 g/mol. The minimum atomic E-state index is -0.445. The van der Waals surface area contributed by atoms with E-state index in [4.69, 9.17) is 21.1 Å². The molecule has 6 heteroatoms. The van der Waals surface area contributed by atoms with E-state index in [0.717, 1.165) is 11.3 Å². The summed E-state index contributed by atoms with van der Waals surface area (Å²) in [6.45, 7) is 10.3. The van der Waals surface area contributed by atoms with E-state index in [9.17, 15) is 4.79 Å². The third kappa shape index (κ3) is 6.92. The van der Waals surface area contributed by atoms with Gasteiger partial charge in [0.1, 0.15) is 22.3 Å². The van der Waals surface area contributed by atoms with Crippen molar-refractivity contribution >= 4 is 23.4 Å². The number of nitrogens with zero attached hydrogens (tertiary/aromatic N) is 1. The van der Waals surface area contributed by atoms with E-state index in [1.54, 1.807) is 20.1 Å². The highest BCUT2D eigenvalue weighted by Gasteiger charge is 2.17. The maximum atomic E-state index is 11.9. The molecule has 26 heavy (non-hydrogen) atoms. The van der Waals surface area contributed by atoms with Crippen LogP contribution in [0.4, 0.5) is 5.82 Å². The summed E-state index contributed by atoms with van der Waals surface area (Å²) in [4.78, 5) is 16.1. The fourth-order valence-corrected chi connectivity index (χ4v) is 2.30. The fourth-order valence-electron chi connectivity index (χ4n) is 2.05. The molecule has 0 bridgehead atoms. The summed E-state index contributed by atoms with van der Waals surface area (Å²) in [6, 6.07) is 9.23. The van der Waals surface area contributed by atoms with E-state index in [1.807, 2.05) is 52.0 Å². The van der Waals surface area contributed by atoms with E-state index in [0.29, 0.717) is 28.6 Å². The van der Waals surface area contributed by atoms with Crippen LogP contribution in [0.5, 0.6) is 5.75 Å². The van der Waals surface area contributed by atoms with Crippen molar-refractivity contribution in [1.29, 1.82) is 0 Å². The molecule has 0 aliphatic carbocycles. The summed E-state index contributed by atoms with van der Waals surface area (Å²) < 4.78 is 9.92. The van der Waals surface area contributed by atoms with Gasteiger partial charge in [0.05, 0.1) is 14.2 Å². The Morgan fingerprint density at radius 2 is 1.69 bits per heavy atom. The number of pyridine rings is 1. The highest BCUT2D eigenvalue weighted by molar-refractivity contribution is 6.29. The number of esters is 1. The Morgan fingerprint density at radius 1 is 1.12 bits per heavy atom. The number of carbonyl (C=O) groups is 1. The third-order valence-corrected chi connectivity index (χ3v) is 3.39. The molecule has 0 fully saturated rings. The van der Waals surface area contributed by atoms with Crippen molar-refractivity contribution in [2.75, 3.05) is 19.5 Å². The molecule has 0 saturated carbocycles. The van der Waals surface area contributed by atoms with Crippen molar-refractivity contribution in [2.45, 2.75) is 41.2 Å². The molecule has 0 spiro atoms. The monoisotopic (exact) mass is 380 g/mol. The van der Waals surface area contributed by atoms with Crippen LogP contribution in [0.1, 0.15) is 49.2 Å². The summed E-state index contributed by atoms with van der Waals surface area (Å²) >= 11 is 5.97. The fraction of sp³-hybridized carbons (Fsp3) is 0.400. The largest absolute Gasteiger partial charge is 0.497 e. The van der Waals surface area contributed by atoms with Crippen molar-refractivity contribution in [3.05, 3.63) is 52.2 Å². The van der Waals surface area contributed by atoms with Gasteiger partial charge in [-0.2, -0.15) is 0 Å². The van der Waals surface area contributed by atoms with Crippen LogP contribution < -0.4 is 10.1 Å². The van der Waals surface area contributed by atoms with Gasteiger partial charge in [0.2, 0.25) is 0 Å². The van der Waals surface area contributed by atoms with E-state index in [1.165, 1.54) is 7.11 Å². The molecule has 1 N–H and O–H groups in total. The van der Waals surface area contributed by atoms with Gasteiger partial charge in [-0.1, -0.05) is 51.4 Å². The van der Waals surface area contributed by atoms with E-state index < -0.39 is 5.97 Å². The number of rotatable bonds is 5. The minimum absolute atomic E-state index is 0.322. The van der Waals surface area contributed by atoms with Gasteiger partial charge >= 0.3 is 5.97 Å². The summed E-state index contributed by atoms with van der Waals surface area (Å²) in [5, 5.41) is 3.45. The van der Waals surface area contributed by atoms with Crippen LogP contribution in [0.3, 0.4) is 0 Å². The topological polar surface area (TPSA) is 60.5 Å². The first-order valence-electron chi connectivity index (χ1n) is 8.67. The smallest absolute Gasteiger partial charge is 0.341 e. The summed E-state index contributed by atoms with van der Waals surface area (Å²) in [7, 11) is 2.96. The summed E-state index contributed by atoms with van der Waals surface area (Å²) in [5.74, 6) is 0.752. The number of halogens is 1. The van der Waals surface area contributed by atoms with Crippen molar-refractivity contribution in [2.24, 2.45) is 0 Å². The van der Waals surface area contributed by atoms with Crippen LogP contribution in [-0.2, 0) is 11.3 Å². The first kappa shape index (κ1) is 23.7. The molecular formula is C20H29ClN2O3. The summed E-state index contributed by atoms with van der Waals surface area (Å²) in [6.07, 6.45) is 0. The van der Waals surface area contributed by atoms with Crippen molar-refractivity contribution < 1.29 is 14.3 Å². The van der Waals surface area contributed by atoms with Gasteiger partial charge in [-0.25, -0.2) is 9.78 Å². The molecule has 0 saturated heterocycles. The number of ether oxygens (including phenoxy) is 2. The Hall–Kier alpha value is -2.27. The average Bonchev–Trinajstić information content (AvgIpc) is 2.69. The molecule has 0 atom stereocenters. The van der Waals surface area contributed by atoms with Crippen molar-refractivity contribution in [3.8, 4) is 5.75 Å². The van der Waals surface area contributed by atoms with Crippen LogP contribution in [0.15, 0.2) is 30.3 Å². The number of carbonyl (C=O) groups excluding carboxylic acids is 1. The second kappa shape index (κ2) is 13.0. The highest BCUT2D eigenvalue weighted by atomic mass is 35.5. The molecule has 0 aliphatic rings. The number of aryl methyl sites for hydroxylation is 1. The second-order valence-electron chi connectivity index (χ2n) is 4.68. The molecule has 1 aromatic heterocycles. The van der Waals surface area contributed by atoms with Crippen molar-refractivity contribution in [1.82, 2.24) is 4.98 Å². The molecule has 0 amide bonds. The molecule has 0 unspecified atom stereocenters. The van der Waals surface area contributed by atoms with Gasteiger partial charge in [0, 0.05) is 6.54 Å². The van der Waals surface area contributed by atoms with Crippen LogP contribution in [-0.4, -0.2) is 25.2 Å². The lowest BCUT2D eigenvalue weighted by Crippen LogP contribution is -2.12. The van der Waals surface area contributed by atoms with Gasteiger partial charge in [-0.15, -0.1) is 0 Å². The number of hydrogen-bond acceptors (Lipinski definition) is 5. The maximum Gasteiger partial charge on any atom is 0.341 e. The van der Waals surface area contributed by atoms with E-state index in [-0.39, 0.29) is 0 Å². The SMILES string of the molecule is CC.CC.COC(=O)c1c(C)cc(Cl)nc1NCc1ccc(OC)cc1. The molecule has 5 nitrogen and oxygen atoms in total. The number of aromatic nitrogens is 1. The lowest BCUT2D eigenvalue weighted by molar-refractivity contribution is 0.0600. The average molecular weight is 381 g/mol. The van der Waals surface area contributed by atoms with E-state index in [2.05, 4.69) is 10.3 Å². The van der Waals surface area contributed by atoms with Gasteiger partial charge in [0.15, 0.2) is 0 Å². The van der Waals surface area contributed by atoms with E-state index >= 15 is 0 Å². The molecule has 1 heterocycles. The summed E-state index contributed by atoms with van der Waals surface area (Å²) in [5.41, 5.74) is 2.13. The first-order chi connectivity index (χ1) is 12.5. The van der Waals surface area contributed by atoms with Crippen molar-refractivity contribution in [3.63, 3.8) is 0 Å². The number of hydrogen-bond donors (Lipinski definition) is 1. The molecule has 2 aromatic rings. The maximum absolute atomic E-state index is 11.9. The number of methoxy groups -OCH3 is 2. The van der Waals surface area contributed by atoms with Gasteiger partial charge in [-0.3, -0.25) is 0 Å². The zero-order chi connectivity index (χ0) is 20.1. The van der Waals surface area contributed by atoms with Gasteiger partial charge < -0.3 is 14.8 Å². The molecule has 0 radical (unpaired) electrons. The minimum Gasteiger partial charge on any atom is -0.497 e. The Morgan fingerprint density at radius 3 is 2.19 bits per heavy atom. The Balaban J connectivity index is 0.00000146. The normalized spacial score (nSPS) is 9.08. The third-order valence-electron chi connectivity index (χ3n) is 3.19. The zero-order valence-corrected chi connectivity index (χ0v) is 17.4. The number of benzene rings is 1. The Labute approximate surface area is 161 Å². The quantitative estimate of drug-likeness (QED) is 0.548. The number of nitrogens with one attached hydrogen (secondary N) is 1. The predicted molar refractivity (Wildman–Crippen MR) is 108 cm³/mol. The Kier molecular flexibility index (Phi) is 11.9. The molecule has 144 valence electrons. The lowest BCUT2D eigenvalue weighted by Gasteiger charge is -2.13. The van der Waals surface area contributed by atoms with Crippen LogP contribution in [0.2, 0.25) is 5.15 Å².